The second-order valence-corrected chi connectivity index (χ2v) is 8.72. The molecular formula is C26H31N3O6. The van der Waals surface area contributed by atoms with E-state index in [0.29, 0.717) is 49.5 Å². The normalized spacial score (nSPS) is 12.3. The Morgan fingerprint density at radius 3 is 2.69 bits per heavy atom. The van der Waals surface area contributed by atoms with Gasteiger partial charge in [-0.15, -0.1) is 0 Å². The molecule has 1 aliphatic rings. The average Bonchev–Trinajstić information content (AvgIpc) is 3.51. The minimum absolute atomic E-state index is 0.224. The van der Waals surface area contributed by atoms with E-state index in [1.807, 2.05) is 50.2 Å². The van der Waals surface area contributed by atoms with Crippen LogP contribution >= 0.6 is 0 Å². The van der Waals surface area contributed by atoms with Crippen molar-refractivity contribution in [2.75, 3.05) is 27.6 Å². The third-order valence-corrected chi connectivity index (χ3v) is 5.54. The van der Waals surface area contributed by atoms with Crippen molar-refractivity contribution < 1.29 is 28.2 Å². The number of carbonyl (C=O) groups is 1. The quantitative estimate of drug-likeness (QED) is 0.439. The number of carbonyl (C=O) groups excluding carboxylic acids is 1. The monoisotopic (exact) mass is 481 g/mol. The number of hydrogen-bond donors (Lipinski definition) is 1. The minimum atomic E-state index is -0.245. The predicted molar refractivity (Wildman–Crippen MR) is 129 cm³/mol. The number of fused-ring (bicyclic) bond motifs is 1. The van der Waals surface area contributed by atoms with E-state index < -0.39 is 0 Å². The van der Waals surface area contributed by atoms with Gasteiger partial charge in [-0.3, -0.25) is 9.69 Å². The zero-order valence-corrected chi connectivity index (χ0v) is 20.5. The molecule has 186 valence electrons. The summed E-state index contributed by atoms with van der Waals surface area (Å²) in [4.78, 5) is 19.0. The first-order valence-corrected chi connectivity index (χ1v) is 11.5. The van der Waals surface area contributed by atoms with Crippen molar-refractivity contribution in [2.24, 2.45) is 5.92 Å². The second-order valence-electron chi connectivity index (χ2n) is 8.72. The number of nitrogens with zero attached hydrogens (tertiary/aromatic N) is 2. The van der Waals surface area contributed by atoms with Crippen LogP contribution < -0.4 is 24.3 Å². The first kappa shape index (κ1) is 24.4. The molecule has 1 N–H and O–H groups in total. The molecule has 0 saturated carbocycles. The van der Waals surface area contributed by atoms with Gasteiger partial charge in [0.15, 0.2) is 28.7 Å². The maximum Gasteiger partial charge on any atom is 0.273 e. The maximum absolute atomic E-state index is 12.4. The Bertz CT molecular complexity index is 1160. The summed E-state index contributed by atoms with van der Waals surface area (Å²) in [6, 6.07) is 11.7. The van der Waals surface area contributed by atoms with Gasteiger partial charge in [0.2, 0.25) is 12.7 Å². The standard InChI is InChI=1S/C26H31N3O6/c1-17(2)11-27-26(30)20-15-33-24(28-20)14-29(12-18-8-9-21-23(10-18)35-16-34-21)13-19-6-5-7-22(31-3)25(19)32-4/h5-10,15,17H,11-14,16H2,1-4H3,(H,27,30). The largest absolute Gasteiger partial charge is 0.493 e. The summed E-state index contributed by atoms with van der Waals surface area (Å²) in [7, 11) is 3.24. The van der Waals surface area contributed by atoms with Crippen LogP contribution in [0.2, 0.25) is 0 Å². The van der Waals surface area contributed by atoms with Gasteiger partial charge in [0, 0.05) is 25.2 Å². The SMILES string of the molecule is COc1cccc(CN(Cc2ccc3c(c2)OCO3)Cc2nc(C(=O)NCC(C)C)co2)c1OC. The fourth-order valence-corrected chi connectivity index (χ4v) is 3.85. The molecule has 1 amide bonds. The number of methoxy groups -OCH3 is 2. The van der Waals surface area contributed by atoms with Crippen LogP contribution in [-0.4, -0.2) is 43.3 Å². The van der Waals surface area contributed by atoms with Crippen molar-refractivity contribution in [3.8, 4) is 23.0 Å². The molecule has 2 aromatic carbocycles. The van der Waals surface area contributed by atoms with Crippen molar-refractivity contribution in [1.82, 2.24) is 15.2 Å². The molecule has 9 nitrogen and oxygen atoms in total. The van der Waals surface area contributed by atoms with Crippen LogP contribution in [0, 0.1) is 5.92 Å². The molecule has 9 heteroatoms. The van der Waals surface area contributed by atoms with Crippen molar-refractivity contribution in [1.29, 1.82) is 0 Å². The lowest BCUT2D eigenvalue weighted by Gasteiger charge is -2.23. The van der Waals surface area contributed by atoms with Gasteiger partial charge in [0.25, 0.3) is 5.91 Å². The van der Waals surface area contributed by atoms with E-state index in [1.54, 1.807) is 14.2 Å². The minimum Gasteiger partial charge on any atom is -0.493 e. The summed E-state index contributed by atoms with van der Waals surface area (Å²) in [6.07, 6.45) is 1.40. The Balaban J connectivity index is 1.56. The van der Waals surface area contributed by atoms with E-state index >= 15 is 0 Å². The first-order chi connectivity index (χ1) is 17.0. The number of aromatic nitrogens is 1. The molecule has 1 aliphatic heterocycles. The number of nitrogens with one attached hydrogen (secondary N) is 1. The molecule has 0 fully saturated rings. The molecule has 3 aromatic rings. The molecule has 0 spiro atoms. The van der Waals surface area contributed by atoms with Crippen LogP contribution in [-0.2, 0) is 19.6 Å². The fraction of sp³-hybridized carbons (Fsp3) is 0.385. The molecular weight excluding hydrogens is 450 g/mol. The predicted octanol–water partition coefficient (Wildman–Crippen LogP) is 4.01. The van der Waals surface area contributed by atoms with Gasteiger partial charge in [-0.05, 0) is 29.7 Å². The highest BCUT2D eigenvalue weighted by atomic mass is 16.7. The number of hydrogen-bond acceptors (Lipinski definition) is 8. The van der Waals surface area contributed by atoms with Crippen LogP contribution in [0.5, 0.6) is 23.0 Å². The molecule has 0 saturated heterocycles. The Kier molecular flexibility index (Phi) is 7.77. The molecule has 0 radical (unpaired) electrons. The van der Waals surface area contributed by atoms with Crippen molar-refractivity contribution in [3.05, 3.63) is 65.4 Å². The Morgan fingerprint density at radius 1 is 1.09 bits per heavy atom. The number of para-hydroxylation sites is 1. The molecule has 0 aliphatic carbocycles. The van der Waals surface area contributed by atoms with Crippen molar-refractivity contribution in [3.63, 3.8) is 0 Å². The van der Waals surface area contributed by atoms with E-state index in [2.05, 4.69) is 15.2 Å². The molecule has 0 atom stereocenters. The Morgan fingerprint density at radius 2 is 1.91 bits per heavy atom. The van der Waals surface area contributed by atoms with Crippen LogP contribution in [0.3, 0.4) is 0 Å². The third kappa shape index (κ3) is 6.05. The van der Waals surface area contributed by atoms with Crippen LogP contribution in [0.4, 0.5) is 0 Å². The third-order valence-electron chi connectivity index (χ3n) is 5.54. The zero-order chi connectivity index (χ0) is 24.8. The topological polar surface area (TPSA) is 95.3 Å². The van der Waals surface area contributed by atoms with Crippen molar-refractivity contribution >= 4 is 5.91 Å². The lowest BCUT2D eigenvalue weighted by atomic mass is 10.1. The van der Waals surface area contributed by atoms with Crippen molar-refractivity contribution in [2.45, 2.75) is 33.5 Å². The molecule has 1 aromatic heterocycles. The summed E-state index contributed by atoms with van der Waals surface area (Å²) in [5, 5.41) is 2.87. The molecule has 35 heavy (non-hydrogen) atoms. The summed E-state index contributed by atoms with van der Waals surface area (Å²) < 4.78 is 27.7. The molecule has 2 heterocycles. The lowest BCUT2D eigenvalue weighted by Crippen LogP contribution is -2.27. The Labute approximate surface area is 204 Å². The maximum atomic E-state index is 12.4. The first-order valence-electron chi connectivity index (χ1n) is 11.5. The average molecular weight is 482 g/mol. The van der Waals surface area contributed by atoms with Gasteiger partial charge < -0.3 is 28.7 Å². The van der Waals surface area contributed by atoms with E-state index in [4.69, 9.17) is 23.4 Å². The number of amides is 1. The lowest BCUT2D eigenvalue weighted by molar-refractivity contribution is 0.0944. The molecule has 0 unspecified atom stereocenters. The van der Waals surface area contributed by atoms with E-state index in [-0.39, 0.29) is 18.4 Å². The number of oxazole rings is 1. The van der Waals surface area contributed by atoms with Crippen LogP contribution in [0.1, 0.15) is 41.4 Å². The molecule has 0 bridgehead atoms. The second kappa shape index (κ2) is 11.1. The number of rotatable bonds is 11. The summed E-state index contributed by atoms with van der Waals surface area (Å²) in [5.74, 6) is 3.34. The van der Waals surface area contributed by atoms with E-state index in [0.717, 1.165) is 22.6 Å². The fourth-order valence-electron chi connectivity index (χ4n) is 3.85. The van der Waals surface area contributed by atoms with Gasteiger partial charge in [0.05, 0.1) is 20.8 Å². The van der Waals surface area contributed by atoms with Gasteiger partial charge in [0.1, 0.15) is 6.26 Å². The highest BCUT2D eigenvalue weighted by Gasteiger charge is 2.20. The van der Waals surface area contributed by atoms with Gasteiger partial charge >= 0.3 is 0 Å². The summed E-state index contributed by atoms with van der Waals surface area (Å²) in [5.41, 5.74) is 2.26. The van der Waals surface area contributed by atoms with Gasteiger partial charge in [-0.2, -0.15) is 0 Å². The van der Waals surface area contributed by atoms with E-state index in [9.17, 15) is 4.79 Å². The van der Waals surface area contributed by atoms with Gasteiger partial charge in [-0.25, -0.2) is 4.98 Å². The summed E-state index contributed by atoms with van der Waals surface area (Å²) in [6.45, 7) is 6.37. The number of benzene rings is 2. The highest BCUT2D eigenvalue weighted by molar-refractivity contribution is 5.91. The summed E-state index contributed by atoms with van der Waals surface area (Å²) >= 11 is 0. The smallest absolute Gasteiger partial charge is 0.273 e. The van der Waals surface area contributed by atoms with Crippen LogP contribution in [0.15, 0.2) is 47.1 Å². The number of ether oxygens (including phenoxy) is 4. The zero-order valence-electron chi connectivity index (χ0n) is 20.5. The highest BCUT2D eigenvalue weighted by Crippen LogP contribution is 2.34. The van der Waals surface area contributed by atoms with Gasteiger partial charge in [-0.1, -0.05) is 32.0 Å². The van der Waals surface area contributed by atoms with Crippen LogP contribution in [0.25, 0.3) is 0 Å². The van der Waals surface area contributed by atoms with E-state index in [1.165, 1.54) is 6.26 Å². The Hall–Kier alpha value is -3.72. The molecule has 4 rings (SSSR count).